The Hall–Kier alpha value is -2.52. The van der Waals surface area contributed by atoms with Crippen LogP contribution in [0, 0.1) is 12.7 Å². The van der Waals surface area contributed by atoms with Gasteiger partial charge in [-0.2, -0.15) is 0 Å². The maximum absolute atomic E-state index is 14.2. The molecule has 1 atom stereocenters. The molecule has 0 saturated carbocycles. The maximum atomic E-state index is 14.2. The molecule has 1 amide bonds. The van der Waals surface area contributed by atoms with Crippen LogP contribution in [-0.2, 0) is 17.9 Å². The summed E-state index contributed by atoms with van der Waals surface area (Å²) >= 11 is 0. The fourth-order valence-corrected chi connectivity index (χ4v) is 3.52. The Bertz CT molecular complexity index is 843. The third kappa shape index (κ3) is 4.31. The smallest absolute Gasteiger partial charge is 0.256 e. The molecule has 3 rings (SSSR count). The highest BCUT2D eigenvalue weighted by Crippen LogP contribution is 2.27. The van der Waals surface area contributed by atoms with Crippen LogP contribution in [0.15, 0.2) is 22.8 Å². The van der Waals surface area contributed by atoms with Gasteiger partial charge in [0.1, 0.15) is 23.0 Å². The molecule has 1 aliphatic rings. The van der Waals surface area contributed by atoms with Crippen LogP contribution in [0.25, 0.3) is 0 Å². The van der Waals surface area contributed by atoms with Gasteiger partial charge in [0.15, 0.2) is 5.60 Å². The summed E-state index contributed by atoms with van der Waals surface area (Å²) in [4.78, 5) is 16.3. The molecule has 28 heavy (non-hydrogen) atoms. The molecule has 1 aromatic heterocycles. The Morgan fingerprint density at radius 3 is 2.89 bits per heavy atom. The van der Waals surface area contributed by atoms with E-state index < -0.39 is 17.3 Å². The number of carbonyl (C=O) groups is 1. The van der Waals surface area contributed by atoms with Crippen molar-refractivity contribution in [1.82, 2.24) is 20.1 Å². The van der Waals surface area contributed by atoms with E-state index in [9.17, 15) is 14.3 Å². The fraction of sp³-hybridized carbons (Fsp3) is 0.526. The Balaban J connectivity index is 1.69. The number of likely N-dealkylation sites (tertiary alicyclic amines) is 1. The van der Waals surface area contributed by atoms with Gasteiger partial charge < -0.3 is 14.7 Å². The SMILES string of the molecule is COc1ccc(F)c(CN2CCCC(O)(CN(C)Cc3nonc3C)C2=O)c1. The number of aliphatic hydroxyl groups is 1. The molecular weight excluding hydrogens is 367 g/mol. The van der Waals surface area contributed by atoms with Gasteiger partial charge in [0.05, 0.1) is 7.11 Å². The number of benzene rings is 1. The highest BCUT2D eigenvalue weighted by atomic mass is 19.1. The summed E-state index contributed by atoms with van der Waals surface area (Å²) in [7, 11) is 3.30. The number of rotatable bonds is 7. The number of hydrogen-bond acceptors (Lipinski definition) is 7. The molecule has 1 aromatic carbocycles. The molecule has 1 saturated heterocycles. The third-order valence-electron chi connectivity index (χ3n) is 5.02. The fourth-order valence-electron chi connectivity index (χ4n) is 3.52. The zero-order chi connectivity index (χ0) is 20.3. The van der Waals surface area contributed by atoms with Crippen LogP contribution in [0.4, 0.5) is 4.39 Å². The van der Waals surface area contributed by atoms with Crippen LogP contribution < -0.4 is 4.74 Å². The summed E-state index contributed by atoms with van der Waals surface area (Å²) in [6, 6.07) is 4.42. The first kappa shape index (κ1) is 20.2. The standard InChI is InChI=1S/C19H25FN4O4/c1-13-17(22-28-21-13)11-23(2)12-19(26)7-4-8-24(18(19)25)10-14-9-15(27-3)5-6-16(14)20/h5-6,9,26H,4,7-8,10-12H2,1-3H3. The van der Waals surface area contributed by atoms with E-state index in [1.54, 1.807) is 24.9 Å². The van der Waals surface area contributed by atoms with E-state index in [-0.39, 0.29) is 13.1 Å². The van der Waals surface area contributed by atoms with E-state index in [4.69, 9.17) is 4.74 Å². The van der Waals surface area contributed by atoms with E-state index in [1.807, 2.05) is 0 Å². The lowest BCUT2D eigenvalue weighted by molar-refractivity contribution is -0.160. The summed E-state index contributed by atoms with van der Waals surface area (Å²) in [6.07, 6.45) is 0.982. The molecule has 1 N–H and O–H groups in total. The van der Waals surface area contributed by atoms with Crippen molar-refractivity contribution in [3.05, 3.63) is 41.0 Å². The zero-order valence-electron chi connectivity index (χ0n) is 16.3. The van der Waals surface area contributed by atoms with Crippen molar-refractivity contribution in [2.45, 2.75) is 38.5 Å². The summed E-state index contributed by atoms with van der Waals surface area (Å²) in [5, 5.41) is 18.6. The first-order chi connectivity index (χ1) is 13.3. The average Bonchev–Trinajstić information content (AvgIpc) is 3.05. The molecular formula is C19H25FN4O4. The minimum absolute atomic E-state index is 0.0835. The molecule has 0 radical (unpaired) electrons. The molecule has 1 aliphatic heterocycles. The maximum Gasteiger partial charge on any atom is 0.256 e. The first-order valence-corrected chi connectivity index (χ1v) is 9.13. The number of halogens is 1. The quantitative estimate of drug-likeness (QED) is 0.764. The number of likely N-dealkylation sites (N-methyl/N-ethyl adjacent to an activating group) is 1. The Kier molecular flexibility index (Phi) is 5.95. The van der Waals surface area contributed by atoms with Crippen molar-refractivity contribution in [2.75, 3.05) is 27.2 Å². The number of methoxy groups -OCH3 is 1. The molecule has 0 bridgehead atoms. The number of carbonyl (C=O) groups excluding carboxylic acids is 1. The van der Waals surface area contributed by atoms with Crippen LogP contribution in [-0.4, -0.2) is 64.0 Å². The predicted molar refractivity (Wildman–Crippen MR) is 97.9 cm³/mol. The zero-order valence-corrected chi connectivity index (χ0v) is 16.3. The number of aryl methyl sites for hydroxylation is 1. The van der Waals surface area contributed by atoms with Gasteiger partial charge in [0, 0.05) is 31.7 Å². The van der Waals surface area contributed by atoms with Crippen LogP contribution in [0.5, 0.6) is 5.75 Å². The Labute approximate surface area is 162 Å². The monoisotopic (exact) mass is 392 g/mol. The predicted octanol–water partition coefficient (Wildman–Crippen LogP) is 1.51. The van der Waals surface area contributed by atoms with Gasteiger partial charge in [0.2, 0.25) is 0 Å². The number of nitrogens with zero attached hydrogens (tertiary/aromatic N) is 4. The van der Waals surface area contributed by atoms with Gasteiger partial charge >= 0.3 is 0 Å². The van der Waals surface area contributed by atoms with Gasteiger partial charge in [-0.25, -0.2) is 9.02 Å². The third-order valence-corrected chi connectivity index (χ3v) is 5.02. The van der Waals surface area contributed by atoms with Gasteiger partial charge in [0.25, 0.3) is 5.91 Å². The van der Waals surface area contributed by atoms with E-state index in [1.165, 1.54) is 24.1 Å². The highest BCUT2D eigenvalue weighted by molar-refractivity contribution is 5.86. The van der Waals surface area contributed by atoms with E-state index in [0.29, 0.717) is 48.6 Å². The minimum Gasteiger partial charge on any atom is -0.497 e. The van der Waals surface area contributed by atoms with E-state index in [0.717, 1.165) is 0 Å². The lowest BCUT2D eigenvalue weighted by atomic mass is 9.90. The van der Waals surface area contributed by atoms with Crippen LogP contribution in [0.3, 0.4) is 0 Å². The summed E-state index contributed by atoms with van der Waals surface area (Å²) in [5.74, 6) is -0.288. The van der Waals surface area contributed by atoms with Gasteiger partial charge in [-0.1, -0.05) is 10.3 Å². The van der Waals surface area contributed by atoms with Crippen LogP contribution in [0.2, 0.25) is 0 Å². The molecule has 2 aromatic rings. The Morgan fingerprint density at radius 1 is 1.43 bits per heavy atom. The lowest BCUT2D eigenvalue weighted by Crippen LogP contribution is -2.57. The van der Waals surface area contributed by atoms with Crippen molar-refractivity contribution < 1.29 is 23.7 Å². The van der Waals surface area contributed by atoms with Gasteiger partial charge in [-0.05, 0) is 45.0 Å². The highest BCUT2D eigenvalue weighted by Gasteiger charge is 2.43. The van der Waals surface area contributed by atoms with Gasteiger partial charge in [-0.15, -0.1) is 0 Å². The molecule has 2 heterocycles. The molecule has 9 heteroatoms. The second-order valence-corrected chi connectivity index (χ2v) is 7.29. The van der Waals surface area contributed by atoms with E-state index in [2.05, 4.69) is 14.9 Å². The molecule has 1 fully saturated rings. The summed E-state index contributed by atoms with van der Waals surface area (Å²) in [5.41, 5.74) is 0.149. The molecule has 1 unspecified atom stereocenters. The lowest BCUT2D eigenvalue weighted by Gasteiger charge is -2.40. The van der Waals surface area contributed by atoms with E-state index >= 15 is 0 Å². The largest absolute Gasteiger partial charge is 0.497 e. The minimum atomic E-state index is -1.53. The second kappa shape index (κ2) is 8.24. The van der Waals surface area contributed by atoms with Crippen molar-refractivity contribution in [3.63, 3.8) is 0 Å². The van der Waals surface area contributed by atoms with Crippen molar-refractivity contribution in [3.8, 4) is 5.75 Å². The molecule has 0 aliphatic carbocycles. The Morgan fingerprint density at radius 2 is 2.21 bits per heavy atom. The number of aromatic nitrogens is 2. The topological polar surface area (TPSA) is 91.9 Å². The van der Waals surface area contributed by atoms with Crippen molar-refractivity contribution in [2.24, 2.45) is 0 Å². The number of ether oxygens (including phenoxy) is 1. The summed E-state index contributed by atoms with van der Waals surface area (Å²) < 4.78 is 24.0. The van der Waals surface area contributed by atoms with Crippen molar-refractivity contribution in [1.29, 1.82) is 0 Å². The van der Waals surface area contributed by atoms with Crippen molar-refractivity contribution >= 4 is 5.91 Å². The first-order valence-electron chi connectivity index (χ1n) is 9.13. The second-order valence-electron chi connectivity index (χ2n) is 7.29. The number of amides is 1. The molecule has 152 valence electrons. The molecule has 0 spiro atoms. The number of hydrogen-bond donors (Lipinski definition) is 1. The van der Waals surface area contributed by atoms with Gasteiger partial charge in [-0.3, -0.25) is 9.69 Å². The normalized spacial score (nSPS) is 20.1. The average molecular weight is 392 g/mol. The summed E-state index contributed by atoms with van der Waals surface area (Å²) in [6.45, 7) is 2.86. The van der Waals surface area contributed by atoms with Crippen LogP contribution in [0.1, 0.15) is 29.8 Å². The molecule has 8 nitrogen and oxygen atoms in total. The number of piperidine rings is 1. The van der Waals surface area contributed by atoms with Crippen LogP contribution >= 0.6 is 0 Å².